The van der Waals surface area contributed by atoms with Crippen molar-refractivity contribution in [2.45, 2.75) is 37.6 Å². The Balaban J connectivity index is 1.96. The van der Waals surface area contributed by atoms with Gasteiger partial charge in [-0.05, 0) is 19.9 Å². The molecule has 2 fully saturated rings. The van der Waals surface area contributed by atoms with Crippen LogP contribution in [0.3, 0.4) is 0 Å². The molecule has 1 N–H and O–H groups in total. The quantitative estimate of drug-likeness (QED) is 0.779. The number of likely N-dealkylation sites (N-methyl/N-ethyl adjacent to an activating group) is 2. The number of carbonyl (C=O) groups excluding carboxylic acids is 1. The number of hydrogen-bond donors (Lipinski definition) is 1. The zero-order valence-electron chi connectivity index (χ0n) is 13.0. The molecule has 20 heavy (non-hydrogen) atoms. The Kier molecular flexibility index (Phi) is 5.81. The van der Waals surface area contributed by atoms with Crippen molar-refractivity contribution >= 4 is 5.91 Å². The molecule has 0 bridgehead atoms. The van der Waals surface area contributed by atoms with Crippen molar-refractivity contribution in [2.75, 3.05) is 53.5 Å². The van der Waals surface area contributed by atoms with E-state index in [0.717, 1.165) is 39.4 Å². The van der Waals surface area contributed by atoms with Crippen LogP contribution in [0.15, 0.2) is 0 Å². The molecule has 0 aromatic rings. The SMILES string of the molecule is CNCCN(C)C(=O)CC1(N2CCOCC2)CCCC1. The molecule has 0 unspecified atom stereocenters. The summed E-state index contributed by atoms with van der Waals surface area (Å²) in [4.78, 5) is 16.9. The summed E-state index contributed by atoms with van der Waals surface area (Å²) in [5, 5.41) is 3.10. The first-order chi connectivity index (χ1) is 9.68. The Morgan fingerprint density at radius 1 is 1.30 bits per heavy atom. The monoisotopic (exact) mass is 283 g/mol. The van der Waals surface area contributed by atoms with Gasteiger partial charge in [-0.3, -0.25) is 9.69 Å². The number of amides is 1. The van der Waals surface area contributed by atoms with E-state index in [1.54, 1.807) is 0 Å². The van der Waals surface area contributed by atoms with Gasteiger partial charge in [0.25, 0.3) is 0 Å². The van der Waals surface area contributed by atoms with E-state index in [0.29, 0.717) is 6.42 Å². The lowest BCUT2D eigenvalue weighted by atomic mass is 9.89. The number of nitrogens with one attached hydrogen (secondary N) is 1. The van der Waals surface area contributed by atoms with Gasteiger partial charge in [0.1, 0.15) is 0 Å². The summed E-state index contributed by atoms with van der Waals surface area (Å²) in [7, 11) is 3.84. The van der Waals surface area contributed by atoms with E-state index in [-0.39, 0.29) is 11.4 Å². The molecule has 116 valence electrons. The highest BCUT2D eigenvalue weighted by molar-refractivity contribution is 5.77. The lowest BCUT2D eigenvalue weighted by molar-refractivity contribution is -0.134. The Morgan fingerprint density at radius 3 is 2.55 bits per heavy atom. The van der Waals surface area contributed by atoms with Crippen molar-refractivity contribution in [1.29, 1.82) is 0 Å². The summed E-state index contributed by atoms with van der Waals surface area (Å²) >= 11 is 0. The Hall–Kier alpha value is -0.650. The molecule has 1 heterocycles. The van der Waals surface area contributed by atoms with Gasteiger partial charge in [0, 0.05) is 45.2 Å². The Bertz CT molecular complexity index is 310. The van der Waals surface area contributed by atoms with Crippen molar-refractivity contribution < 1.29 is 9.53 Å². The molecular weight excluding hydrogens is 254 g/mol. The van der Waals surface area contributed by atoms with Gasteiger partial charge >= 0.3 is 0 Å². The number of ether oxygens (including phenoxy) is 1. The average molecular weight is 283 g/mol. The standard InChI is InChI=1S/C15H29N3O2/c1-16-7-8-17(2)14(19)13-15(5-3-4-6-15)18-9-11-20-12-10-18/h16H,3-13H2,1-2H3. The fraction of sp³-hybridized carbons (Fsp3) is 0.933. The summed E-state index contributed by atoms with van der Waals surface area (Å²) in [6.07, 6.45) is 5.51. The summed E-state index contributed by atoms with van der Waals surface area (Å²) in [6, 6.07) is 0. The highest BCUT2D eigenvalue weighted by Crippen LogP contribution is 2.38. The summed E-state index contributed by atoms with van der Waals surface area (Å²) in [5.41, 5.74) is 0.106. The van der Waals surface area contributed by atoms with E-state index in [4.69, 9.17) is 4.74 Å². The van der Waals surface area contributed by atoms with E-state index >= 15 is 0 Å². The van der Waals surface area contributed by atoms with Gasteiger partial charge in [-0.25, -0.2) is 0 Å². The smallest absolute Gasteiger partial charge is 0.224 e. The fourth-order valence-corrected chi connectivity index (χ4v) is 3.50. The van der Waals surface area contributed by atoms with Gasteiger partial charge in [0.05, 0.1) is 13.2 Å². The van der Waals surface area contributed by atoms with Crippen LogP contribution < -0.4 is 5.32 Å². The van der Waals surface area contributed by atoms with Crippen LogP contribution in [0, 0.1) is 0 Å². The van der Waals surface area contributed by atoms with E-state index in [1.807, 2.05) is 19.0 Å². The highest BCUT2D eigenvalue weighted by atomic mass is 16.5. The van der Waals surface area contributed by atoms with Gasteiger partial charge in [0.15, 0.2) is 0 Å². The summed E-state index contributed by atoms with van der Waals surface area (Å²) < 4.78 is 5.46. The van der Waals surface area contributed by atoms with Crippen LogP contribution in [-0.4, -0.2) is 74.7 Å². The van der Waals surface area contributed by atoms with Crippen molar-refractivity contribution in [3.05, 3.63) is 0 Å². The topological polar surface area (TPSA) is 44.8 Å². The molecule has 2 aliphatic rings. The van der Waals surface area contributed by atoms with Crippen LogP contribution in [0.2, 0.25) is 0 Å². The maximum atomic E-state index is 12.5. The molecule has 1 saturated heterocycles. The van der Waals surface area contributed by atoms with Crippen LogP contribution in [0.25, 0.3) is 0 Å². The largest absolute Gasteiger partial charge is 0.379 e. The molecular formula is C15H29N3O2. The van der Waals surface area contributed by atoms with Gasteiger partial charge in [-0.1, -0.05) is 12.8 Å². The summed E-state index contributed by atoms with van der Waals surface area (Å²) in [5.74, 6) is 0.286. The molecule has 0 atom stereocenters. The zero-order chi connectivity index (χ0) is 14.4. The van der Waals surface area contributed by atoms with Crippen LogP contribution in [0.1, 0.15) is 32.1 Å². The van der Waals surface area contributed by atoms with Crippen LogP contribution in [0.4, 0.5) is 0 Å². The molecule has 1 amide bonds. The minimum atomic E-state index is 0.106. The van der Waals surface area contributed by atoms with Gasteiger partial charge in [0.2, 0.25) is 5.91 Å². The molecule has 0 spiro atoms. The molecule has 1 aliphatic carbocycles. The normalized spacial score (nSPS) is 22.9. The molecule has 0 aromatic carbocycles. The number of morpholine rings is 1. The molecule has 5 nitrogen and oxygen atoms in total. The molecule has 1 aliphatic heterocycles. The molecule has 1 saturated carbocycles. The van der Waals surface area contributed by atoms with E-state index in [9.17, 15) is 4.79 Å². The Morgan fingerprint density at radius 2 is 1.95 bits per heavy atom. The molecule has 0 radical (unpaired) electrons. The maximum Gasteiger partial charge on any atom is 0.224 e. The number of hydrogen-bond acceptors (Lipinski definition) is 4. The van der Waals surface area contributed by atoms with Crippen molar-refractivity contribution in [1.82, 2.24) is 15.1 Å². The van der Waals surface area contributed by atoms with Crippen LogP contribution in [0.5, 0.6) is 0 Å². The van der Waals surface area contributed by atoms with Crippen LogP contribution >= 0.6 is 0 Å². The summed E-state index contributed by atoms with van der Waals surface area (Å²) in [6.45, 7) is 5.22. The minimum Gasteiger partial charge on any atom is -0.379 e. The lowest BCUT2D eigenvalue weighted by Crippen LogP contribution is -2.54. The third kappa shape index (κ3) is 3.71. The van der Waals surface area contributed by atoms with Crippen LogP contribution in [-0.2, 0) is 9.53 Å². The second-order valence-electron chi connectivity index (χ2n) is 6.13. The van der Waals surface area contributed by atoms with Crippen molar-refractivity contribution in [2.24, 2.45) is 0 Å². The third-order valence-electron chi connectivity index (χ3n) is 4.82. The minimum absolute atomic E-state index is 0.106. The van der Waals surface area contributed by atoms with Gasteiger partial charge in [-0.2, -0.15) is 0 Å². The number of carbonyl (C=O) groups is 1. The highest BCUT2D eigenvalue weighted by Gasteiger charge is 2.42. The van der Waals surface area contributed by atoms with Crippen molar-refractivity contribution in [3.63, 3.8) is 0 Å². The first-order valence-electron chi connectivity index (χ1n) is 7.89. The fourth-order valence-electron chi connectivity index (χ4n) is 3.50. The van der Waals surface area contributed by atoms with E-state index in [1.165, 1.54) is 25.7 Å². The first kappa shape index (κ1) is 15.7. The number of nitrogens with zero attached hydrogens (tertiary/aromatic N) is 2. The first-order valence-corrected chi connectivity index (χ1v) is 7.89. The van der Waals surface area contributed by atoms with E-state index < -0.39 is 0 Å². The molecule has 5 heteroatoms. The van der Waals surface area contributed by atoms with Gasteiger partial charge in [-0.15, -0.1) is 0 Å². The maximum absolute atomic E-state index is 12.5. The second-order valence-corrected chi connectivity index (χ2v) is 6.13. The van der Waals surface area contributed by atoms with Crippen molar-refractivity contribution in [3.8, 4) is 0 Å². The predicted octanol–water partition coefficient (Wildman–Crippen LogP) is 0.699. The number of rotatable bonds is 6. The van der Waals surface area contributed by atoms with E-state index in [2.05, 4.69) is 10.2 Å². The lowest BCUT2D eigenvalue weighted by Gasteiger charge is -2.43. The molecule has 2 rings (SSSR count). The Labute approximate surface area is 122 Å². The predicted molar refractivity (Wildman–Crippen MR) is 79.8 cm³/mol. The van der Waals surface area contributed by atoms with Gasteiger partial charge < -0.3 is 15.0 Å². The third-order valence-corrected chi connectivity index (χ3v) is 4.82. The molecule has 0 aromatic heterocycles. The average Bonchev–Trinajstić information content (AvgIpc) is 2.95. The second kappa shape index (κ2) is 7.38. The zero-order valence-corrected chi connectivity index (χ0v) is 13.0.